The number of hydrogen-bond donors (Lipinski definition) is 1. The molecule has 0 amide bonds. The average Bonchev–Trinajstić information content (AvgIpc) is 2.56. The number of aromatic nitrogens is 2. The highest BCUT2D eigenvalue weighted by Gasteiger charge is 2.27. The number of aryl methyl sites for hydroxylation is 2. The van der Waals surface area contributed by atoms with Gasteiger partial charge in [-0.15, -0.1) is 0 Å². The highest BCUT2D eigenvalue weighted by molar-refractivity contribution is 5.67. The molecule has 0 bridgehead atoms. The Balaban J connectivity index is 2.65. The van der Waals surface area contributed by atoms with E-state index in [9.17, 15) is 5.11 Å². The van der Waals surface area contributed by atoms with Crippen molar-refractivity contribution in [2.45, 2.75) is 33.1 Å². The molecule has 1 heterocycles. The number of rotatable bonds is 1. The standard InChI is InChI=1S/C15H20N2O/c1-10-6-8-11(9-7-10)13-12(15(2,3)4)14(18)17(5)16-13/h6-9,18H,1-5H3. The normalized spacial score (nSPS) is 11.8. The van der Waals surface area contributed by atoms with Gasteiger partial charge in [-0.2, -0.15) is 5.10 Å². The van der Waals surface area contributed by atoms with Gasteiger partial charge in [-0.25, -0.2) is 4.68 Å². The largest absolute Gasteiger partial charge is 0.493 e. The van der Waals surface area contributed by atoms with E-state index in [2.05, 4.69) is 44.9 Å². The molecular weight excluding hydrogens is 224 g/mol. The lowest BCUT2D eigenvalue weighted by Gasteiger charge is -2.19. The fraction of sp³-hybridized carbons (Fsp3) is 0.400. The first-order valence-electron chi connectivity index (χ1n) is 6.14. The zero-order chi connectivity index (χ0) is 13.5. The molecule has 0 fully saturated rings. The van der Waals surface area contributed by atoms with Crippen LogP contribution in [0, 0.1) is 6.92 Å². The van der Waals surface area contributed by atoms with Gasteiger partial charge in [0.05, 0.1) is 5.69 Å². The van der Waals surface area contributed by atoms with Gasteiger partial charge in [0, 0.05) is 18.2 Å². The zero-order valence-corrected chi connectivity index (χ0v) is 11.7. The van der Waals surface area contributed by atoms with Gasteiger partial charge in [-0.05, 0) is 12.3 Å². The van der Waals surface area contributed by atoms with Crippen LogP contribution in [0.4, 0.5) is 0 Å². The molecule has 0 unspecified atom stereocenters. The minimum atomic E-state index is -0.140. The van der Waals surface area contributed by atoms with Crippen LogP contribution < -0.4 is 0 Å². The Kier molecular flexibility index (Phi) is 2.93. The van der Waals surface area contributed by atoms with Gasteiger partial charge < -0.3 is 5.11 Å². The van der Waals surface area contributed by atoms with Gasteiger partial charge in [-0.3, -0.25) is 0 Å². The Morgan fingerprint density at radius 1 is 1.11 bits per heavy atom. The first-order chi connectivity index (χ1) is 8.30. The summed E-state index contributed by atoms with van der Waals surface area (Å²) < 4.78 is 1.54. The molecule has 0 spiro atoms. The Hall–Kier alpha value is -1.77. The van der Waals surface area contributed by atoms with Gasteiger partial charge in [0.1, 0.15) is 0 Å². The summed E-state index contributed by atoms with van der Waals surface area (Å²) in [6.45, 7) is 8.31. The van der Waals surface area contributed by atoms with Gasteiger partial charge in [-0.1, -0.05) is 50.6 Å². The first kappa shape index (κ1) is 12.7. The topological polar surface area (TPSA) is 38.0 Å². The van der Waals surface area contributed by atoms with E-state index in [0.717, 1.165) is 16.8 Å². The maximum absolute atomic E-state index is 10.2. The zero-order valence-electron chi connectivity index (χ0n) is 11.7. The van der Waals surface area contributed by atoms with Crippen LogP contribution in [0.15, 0.2) is 24.3 Å². The summed E-state index contributed by atoms with van der Waals surface area (Å²) in [6.07, 6.45) is 0. The van der Waals surface area contributed by atoms with Crippen molar-refractivity contribution in [3.8, 4) is 17.1 Å². The Morgan fingerprint density at radius 2 is 1.67 bits per heavy atom. The average molecular weight is 244 g/mol. The fourth-order valence-electron chi connectivity index (χ4n) is 2.12. The maximum Gasteiger partial charge on any atom is 0.213 e. The lowest BCUT2D eigenvalue weighted by Crippen LogP contribution is -2.11. The molecule has 3 heteroatoms. The first-order valence-corrected chi connectivity index (χ1v) is 6.14. The van der Waals surface area contributed by atoms with Crippen LogP contribution in [0.5, 0.6) is 5.88 Å². The van der Waals surface area contributed by atoms with Crippen LogP contribution in [0.25, 0.3) is 11.3 Å². The molecule has 1 N–H and O–H groups in total. The predicted molar refractivity (Wildman–Crippen MR) is 73.7 cm³/mol. The minimum absolute atomic E-state index is 0.140. The molecule has 1 aromatic heterocycles. The molecule has 0 aliphatic rings. The Morgan fingerprint density at radius 3 is 2.17 bits per heavy atom. The van der Waals surface area contributed by atoms with Crippen LogP contribution in [-0.4, -0.2) is 14.9 Å². The van der Waals surface area contributed by atoms with Crippen molar-refractivity contribution < 1.29 is 5.11 Å². The molecule has 2 aromatic rings. The van der Waals surface area contributed by atoms with Crippen molar-refractivity contribution in [1.29, 1.82) is 0 Å². The van der Waals surface area contributed by atoms with E-state index >= 15 is 0 Å². The molecule has 96 valence electrons. The summed E-state index contributed by atoms with van der Waals surface area (Å²) in [4.78, 5) is 0. The van der Waals surface area contributed by atoms with Crippen LogP contribution in [0.3, 0.4) is 0 Å². The second-order valence-corrected chi connectivity index (χ2v) is 5.79. The highest BCUT2D eigenvalue weighted by Crippen LogP contribution is 2.38. The second kappa shape index (κ2) is 4.16. The van der Waals surface area contributed by atoms with Crippen molar-refractivity contribution in [2.24, 2.45) is 7.05 Å². The third-order valence-corrected chi connectivity index (χ3v) is 3.09. The fourth-order valence-corrected chi connectivity index (χ4v) is 2.12. The van der Waals surface area contributed by atoms with Crippen molar-refractivity contribution in [3.05, 3.63) is 35.4 Å². The molecule has 0 saturated carbocycles. The summed E-state index contributed by atoms with van der Waals surface area (Å²) in [5, 5.41) is 14.6. The number of aromatic hydroxyl groups is 1. The van der Waals surface area contributed by atoms with Crippen LogP contribution in [-0.2, 0) is 12.5 Å². The van der Waals surface area contributed by atoms with E-state index < -0.39 is 0 Å². The molecule has 0 aliphatic heterocycles. The van der Waals surface area contributed by atoms with E-state index in [1.165, 1.54) is 10.2 Å². The van der Waals surface area contributed by atoms with Gasteiger partial charge >= 0.3 is 0 Å². The third-order valence-electron chi connectivity index (χ3n) is 3.09. The van der Waals surface area contributed by atoms with Crippen LogP contribution in [0.2, 0.25) is 0 Å². The van der Waals surface area contributed by atoms with Gasteiger partial charge in [0.15, 0.2) is 0 Å². The summed E-state index contributed by atoms with van der Waals surface area (Å²) in [7, 11) is 1.77. The minimum Gasteiger partial charge on any atom is -0.493 e. The predicted octanol–water partition coefficient (Wildman–Crippen LogP) is 3.40. The van der Waals surface area contributed by atoms with E-state index in [-0.39, 0.29) is 11.3 Å². The lowest BCUT2D eigenvalue weighted by molar-refractivity contribution is 0.401. The second-order valence-electron chi connectivity index (χ2n) is 5.79. The quantitative estimate of drug-likeness (QED) is 0.835. The molecule has 0 saturated heterocycles. The molecule has 0 atom stereocenters. The molecule has 1 aromatic carbocycles. The van der Waals surface area contributed by atoms with Crippen molar-refractivity contribution in [1.82, 2.24) is 9.78 Å². The molecule has 2 rings (SSSR count). The number of benzene rings is 1. The van der Waals surface area contributed by atoms with Gasteiger partial charge in [0.25, 0.3) is 0 Å². The molecule has 0 aliphatic carbocycles. The molecular formula is C15H20N2O. The molecule has 0 radical (unpaired) electrons. The van der Waals surface area contributed by atoms with Crippen LogP contribution in [0.1, 0.15) is 31.9 Å². The Bertz CT molecular complexity index is 559. The summed E-state index contributed by atoms with van der Waals surface area (Å²) in [5.74, 6) is 0.248. The van der Waals surface area contributed by atoms with Crippen molar-refractivity contribution in [2.75, 3.05) is 0 Å². The SMILES string of the molecule is Cc1ccc(-c2nn(C)c(O)c2C(C)(C)C)cc1. The van der Waals surface area contributed by atoms with E-state index in [1.807, 2.05) is 12.1 Å². The summed E-state index contributed by atoms with van der Waals surface area (Å²) in [5.41, 5.74) is 3.88. The monoisotopic (exact) mass is 244 g/mol. The summed E-state index contributed by atoms with van der Waals surface area (Å²) in [6, 6.07) is 8.22. The maximum atomic E-state index is 10.2. The Labute approximate surface area is 108 Å². The summed E-state index contributed by atoms with van der Waals surface area (Å²) >= 11 is 0. The number of nitrogens with zero attached hydrogens (tertiary/aromatic N) is 2. The van der Waals surface area contributed by atoms with E-state index in [1.54, 1.807) is 7.05 Å². The number of hydrogen-bond acceptors (Lipinski definition) is 2. The van der Waals surface area contributed by atoms with E-state index in [0.29, 0.717) is 0 Å². The van der Waals surface area contributed by atoms with Crippen LogP contribution >= 0.6 is 0 Å². The smallest absolute Gasteiger partial charge is 0.213 e. The highest BCUT2D eigenvalue weighted by atomic mass is 16.3. The molecule has 18 heavy (non-hydrogen) atoms. The van der Waals surface area contributed by atoms with E-state index in [4.69, 9.17) is 0 Å². The van der Waals surface area contributed by atoms with Gasteiger partial charge in [0.2, 0.25) is 5.88 Å². The third kappa shape index (κ3) is 2.13. The lowest BCUT2D eigenvalue weighted by atomic mass is 9.85. The van der Waals surface area contributed by atoms with Crippen molar-refractivity contribution >= 4 is 0 Å². The molecule has 3 nitrogen and oxygen atoms in total. The van der Waals surface area contributed by atoms with Crippen molar-refractivity contribution in [3.63, 3.8) is 0 Å².